The summed E-state index contributed by atoms with van der Waals surface area (Å²) in [5.41, 5.74) is 0. The molecule has 1 atom stereocenters. The molecule has 0 fully saturated rings. The largest absolute Gasteiger partial charge is 0.480 e. The first-order chi connectivity index (χ1) is 7.79. The average Bonchev–Trinajstić information content (AvgIpc) is 2.55. The van der Waals surface area contributed by atoms with E-state index in [1.807, 2.05) is 0 Å². The molecular weight excluding hydrogens is 270 g/mol. The second-order valence-corrected chi connectivity index (χ2v) is 5.38. The predicted molar refractivity (Wildman–Crippen MR) is 60.3 cm³/mol. The number of nitrogens with zero attached hydrogens (tertiary/aromatic N) is 2. The Kier molecular flexibility index (Phi) is 4.12. The van der Waals surface area contributed by atoms with E-state index < -0.39 is 22.0 Å². The van der Waals surface area contributed by atoms with Crippen LogP contribution in [0.15, 0.2) is 11.2 Å². The molecule has 0 bridgehead atoms. The van der Waals surface area contributed by atoms with Gasteiger partial charge in [0.2, 0.25) is 0 Å². The minimum Gasteiger partial charge on any atom is -0.480 e. The van der Waals surface area contributed by atoms with Gasteiger partial charge < -0.3 is 5.11 Å². The van der Waals surface area contributed by atoms with Crippen LogP contribution in [0.3, 0.4) is 0 Å². The van der Waals surface area contributed by atoms with Crippen LogP contribution in [0.2, 0.25) is 5.02 Å². The van der Waals surface area contributed by atoms with Crippen LogP contribution >= 0.6 is 11.6 Å². The summed E-state index contributed by atoms with van der Waals surface area (Å²) < 4.78 is 26.9. The summed E-state index contributed by atoms with van der Waals surface area (Å²) >= 11 is 5.69. The number of hydrogen-bond donors (Lipinski definition) is 2. The molecular formula is C8H12ClN3O4S. The summed E-state index contributed by atoms with van der Waals surface area (Å²) in [4.78, 5) is 10.8. The average molecular weight is 282 g/mol. The van der Waals surface area contributed by atoms with Crippen molar-refractivity contribution in [1.29, 1.82) is 0 Å². The van der Waals surface area contributed by atoms with E-state index in [2.05, 4.69) is 9.82 Å². The highest BCUT2D eigenvalue weighted by atomic mass is 35.5. The van der Waals surface area contributed by atoms with Crippen molar-refractivity contribution >= 4 is 27.6 Å². The molecule has 0 aliphatic rings. The molecule has 0 radical (unpaired) electrons. The first-order valence-corrected chi connectivity index (χ1v) is 6.58. The van der Waals surface area contributed by atoms with Gasteiger partial charge in [0.15, 0.2) is 5.03 Å². The molecule has 7 nitrogen and oxygen atoms in total. The van der Waals surface area contributed by atoms with Crippen LogP contribution in [0.5, 0.6) is 0 Å². The van der Waals surface area contributed by atoms with Gasteiger partial charge in [-0.15, -0.1) is 0 Å². The highest BCUT2D eigenvalue weighted by Crippen LogP contribution is 2.19. The zero-order chi connectivity index (χ0) is 13.2. The number of sulfonamides is 1. The number of carboxylic acids is 1. The number of carbonyl (C=O) groups is 1. The molecule has 9 heteroatoms. The molecule has 2 N–H and O–H groups in total. The lowest BCUT2D eigenvalue weighted by Crippen LogP contribution is -2.40. The highest BCUT2D eigenvalue weighted by Gasteiger charge is 2.28. The van der Waals surface area contributed by atoms with E-state index in [0.717, 1.165) is 4.68 Å². The molecule has 1 heterocycles. The first kappa shape index (κ1) is 13.9. The Balaban J connectivity index is 3.09. The summed E-state index contributed by atoms with van der Waals surface area (Å²) in [5, 5.41) is 12.2. The van der Waals surface area contributed by atoms with Crippen LogP contribution in [0.25, 0.3) is 0 Å². The monoisotopic (exact) mass is 281 g/mol. The van der Waals surface area contributed by atoms with Crippen molar-refractivity contribution in [1.82, 2.24) is 14.5 Å². The standard InChI is InChI=1S/C8H12ClN3O4S/c1-3-6(8(13)14)11-17(15,16)7-5(9)4-10-12(7)2/h4,6,11H,3H2,1-2H3,(H,13,14)/t6-/m1/s1. The summed E-state index contributed by atoms with van der Waals surface area (Å²) in [6.45, 7) is 1.56. The number of carboxylic acid groups (broad SMARTS) is 1. The smallest absolute Gasteiger partial charge is 0.321 e. The number of aliphatic carboxylic acids is 1. The maximum atomic E-state index is 11.9. The van der Waals surface area contributed by atoms with Gasteiger partial charge in [-0.05, 0) is 6.42 Å². The molecule has 0 unspecified atom stereocenters. The van der Waals surface area contributed by atoms with E-state index in [1.54, 1.807) is 6.92 Å². The third kappa shape index (κ3) is 2.96. The first-order valence-electron chi connectivity index (χ1n) is 4.72. The normalized spacial score (nSPS) is 13.6. The Hall–Kier alpha value is -1.12. The molecule has 96 valence electrons. The van der Waals surface area contributed by atoms with Gasteiger partial charge in [-0.3, -0.25) is 9.48 Å². The number of hydrogen-bond acceptors (Lipinski definition) is 4. The van der Waals surface area contributed by atoms with Crippen LogP contribution < -0.4 is 4.72 Å². The van der Waals surface area contributed by atoms with Crippen molar-refractivity contribution in [2.45, 2.75) is 24.4 Å². The summed E-state index contributed by atoms with van der Waals surface area (Å²) in [6, 6.07) is -1.19. The SMILES string of the molecule is CC[C@@H](NS(=O)(=O)c1c(Cl)cnn1C)C(=O)O. The fraction of sp³-hybridized carbons (Fsp3) is 0.500. The van der Waals surface area contributed by atoms with Crippen LogP contribution in [0.1, 0.15) is 13.3 Å². The Morgan fingerprint density at radius 1 is 1.71 bits per heavy atom. The molecule has 0 aromatic carbocycles. The second kappa shape index (κ2) is 5.03. The quantitative estimate of drug-likeness (QED) is 0.804. The van der Waals surface area contributed by atoms with Crippen LogP contribution in [-0.4, -0.2) is 35.3 Å². The third-order valence-corrected chi connectivity index (χ3v) is 4.08. The van der Waals surface area contributed by atoms with Crippen molar-refractivity contribution < 1.29 is 18.3 Å². The van der Waals surface area contributed by atoms with Crippen molar-refractivity contribution in [3.63, 3.8) is 0 Å². The van der Waals surface area contributed by atoms with Crippen molar-refractivity contribution in [2.24, 2.45) is 7.05 Å². The number of aryl methyl sites for hydroxylation is 1. The van der Waals surface area contributed by atoms with E-state index >= 15 is 0 Å². The molecule has 0 aliphatic heterocycles. The summed E-state index contributed by atoms with van der Waals surface area (Å²) in [5.74, 6) is -1.24. The zero-order valence-corrected chi connectivity index (χ0v) is 10.8. The maximum absolute atomic E-state index is 11.9. The lowest BCUT2D eigenvalue weighted by atomic mass is 10.2. The highest BCUT2D eigenvalue weighted by molar-refractivity contribution is 7.89. The predicted octanol–water partition coefficient (Wildman–Crippen LogP) is 0.215. The van der Waals surface area contributed by atoms with Gasteiger partial charge in [-0.25, -0.2) is 8.42 Å². The molecule has 0 spiro atoms. The Morgan fingerprint density at radius 2 is 2.29 bits per heavy atom. The molecule has 0 saturated carbocycles. The Bertz CT molecular complexity index is 505. The van der Waals surface area contributed by atoms with Gasteiger partial charge in [0.25, 0.3) is 10.0 Å². The van der Waals surface area contributed by atoms with E-state index in [9.17, 15) is 13.2 Å². The molecule has 1 aromatic rings. The van der Waals surface area contributed by atoms with Gasteiger partial charge in [0.1, 0.15) is 6.04 Å². The van der Waals surface area contributed by atoms with Crippen molar-refractivity contribution in [3.05, 3.63) is 11.2 Å². The fourth-order valence-electron chi connectivity index (χ4n) is 1.25. The number of aromatic nitrogens is 2. The molecule has 0 aliphatic carbocycles. The zero-order valence-electron chi connectivity index (χ0n) is 9.21. The Labute approximate surface area is 103 Å². The lowest BCUT2D eigenvalue weighted by Gasteiger charge is -2.12. The van der Waals surface area contributed by atoms with E-state index in [1.165, 1.54) is 13.2 Å². The van der Waals surface area contributed by atoms with Gasteiger partial charge in [0, 0.05) is 7.05 Å². The molecule has 0 saturated heterocycles. The minimum absolute atomic E-state index is 0.0553. The summed E-state index contributed by atoms with van der Waals surface area (Å²) in [6.07, 6.45) is 1.31. The Morgan fingerprint density at radius 3 is 2.65 bits per heavy atom. The molecule has 0 amide bonds. The van der Waals surface area contributed by atoms with Gasteiger partial charge >= 0.3 is 5.97 Å². The van der Waals surface area contributed by atoms with Crippen LogP contribution in [-0.2, 0) is 21.9 Å². The number of nitrogens with one attached hydrogen (secondary N) is 1. The van der Waals surface area contributed by atoms with E-state index in [-0.39, 0.29) is 16.5 Å². The fourth-order valence-corrected chi connectivity index (χ4v) is 3.18. The van der Waals surface area contributed by atoms with E-state index in [4.69, 9.17) is 16.7 Å². The van der Waals surface area contributed by atoms with Gasteiger partial charge in [0.05, 0.1) is 11.2 Å². The lowest BCUT2D eigenvalue weighted by molar-refractivity contribution is -0.139. The van der Waals surface area contributed by atoms with Gasteiger partial charge in [-0.2, -0.15) is 9.82 Å². The number of halogens is 1. The van der Waals surface area contributed by atoms with Crippen molar-refractivity contribution in [3.8, 4) is 0 Å². The second-order valence-electron chi connectivity index (χ2n) is 3.34. The summed E-state index contributed by atoms with van der Waals surface area (Å²) in [7, 11) is -2.59. The van der Waals surface area contributed by atoms with Crippen LogP contribution in [0.4, 0.5) is 0 Å². The topological polar surface area (TPSA) is 101 Å². The molecule has 1 aromatic heterocycles. The van der Waals surface area contributed by atoms with Crippen LogP contribution in [0, 0.1) is 0 Å². The molecule has 17 heavy (non-hydrogen) atoms. The number of rotatable bonds is 5. The minimum atomic E-state index is -4.00. The van der Waals surface area contributed by atoms with Gasteiger partial charge in [-0.1, -0.05) is 18.5 Å². The maximum Gasteiger partial charge on any atom is 0.321 e. The third-order valence-electron chi connectivity index (χ3n) is 2.10. The van der Waals surface area contributed by atoms with Crippen molar-refractivity contribution in [2.75, 3.05) is 0 Å². The molecule has 1 rings (SSSR count). The van der Waals surface area contributed by atoms with E-state index in [0.29, 0.717) is 0 Å².